The van der Waals surface area contributed by atoms with Crippen LogP contribution in [0, 0.1) is 0 Å². The lowest BCUT2D eigenvalue weighted by Gasteiger charge is -2.07. The Labute approximate surface area is 114 Å². The molecule has 1 aromatic rings. The van der Waals surface area contributed by atoms with Crippen LogP contribution in [0.25, 0.3) is 0 Å². The Hall–Kier alpha value is -1.24. The zero-order valence-electron chi connectivity index (χ0n) is 11.7. The fourth-order valence-corrected chi connectivity index (χ4v) is 1.38. The van der Waals surface area contributed by atoms with E-state index < -0.39 is 0 Å². The number of hydrogen-bond donors (Lipinski definition) is 1. The molecule has 0 aliphatic rings. The van der Waals surface area contributed by atoms with E-state index in [1.165, 1.54) is 0 Å². The number of nitrogens with zero attached hydrogens (tertiary/aromatic N) is 2. The molecule has 0 atom stereocenters. The van der Waals surface area contributed by atoms with Crippen LogP contribution in [-0.2, 0) is 16.0 Å². The van der Waals surface area contributed by atoms with E-state index in [1.54, 1.807) is 19.5 Å². The first-order valence-corrected chi connectivity index (χ1v) is 6.58. The van der Waals surface area contributed by atoms with Crippen LogP contribution in [0.2, 0.25) is 0 Å². The van der Waals surface area contributed by atoms with Gasteiger partial charge in [0.1, 0.15) is 0 Å². The maximum atomic E-state index is 5.52. The Balaban J connectivity index is 2.14. The second kappa shape index (κ2) is 10.7. The molecule has 0 bridgehead atoms. The van der Waals surface area contributed by atoms with Gasteiger partial charge in [0.2, 0.25) is 5.88 Å². The number of aromatic nitrogens is 2. The van der Waals surface area contributed by atoms with Crippen molar-refractivity contribution in [2.24, 2.45) is 0 Å². The van der Waals surface area contributed by atoms with Crippen LogP contribution in [-0.4, -0.2) is 50.1 Å². The first-order valence-electron chi connectivity index (χ1n) is 6.58. The first kappa shape index (κ1) is 15.8. The summed E-state index contributed by atoms with van der Waals surface area (Å²) >= 11 is 0. The highest BCUT2D eigenvalue weighted by molar-refractivity contribution is 5.08. The molecule has 1 aromatic heterocycles. The summed E-state index contributed by atoms with van der Waals surface area (Å²) in [4.78, 5) is 8.45. The number of ether oxygens (including phenoxy) is 3. The minimum Gasteiger partial charge on any atom is -0.476 e. The van der Waals surface area contributed by atoms with Gasteiger partial charge in [0, 0.05) is 32.9 Å². The number of nitrogens with one attached hydrogen (secondary N) is 1. The molecular weight excluding hydrogens is 246 g/mol. The van der Waals surface area contributed by atoms with Crippen molar-refractivity contribution >= 4 is 0 Å². The minimum absolute atomic E-state index is 0.562. The third-order valence-electron chi connectivity index (χ3n) is 2.33. The van der Waals surface area contributed by atoms with Gasteiger partial charge in [-0.1, -0.05) is 6.92 Å². The topological polar surface area (TPSA) is 65.5 Å². The molecule has 0 unspecified atom stereocenters. The van der Waals surface area contributed by atoms with Gasteiger partial charge in [-0.05, 0) is 6.54 Å². The standard InChI is InChI=1S/C13H23N3O3/c1-3-14-9-12-10-15-11-13(16-12)19-6-4-5-18-8-7-17-2/h10-11,14H,3-9H2,1-2H3. The Morgan fingerprint density at radius 1 is 1.16 bits per heavy atom. The summed E-state index contributed by atoms with van der Waals surface area (Å²) in [5, 5.41) is 3.20. The summed E-state index contributed by atoms with van der Waals surface area (Å²) in [6, 6.07) is 0. The monoisotopic (exact) mass is 269 g/mol. The van der Waals surface area contributed by atoms with Crippen LogP contribution in [0.15, 0.2) is 12.4 Å². The molecule has 19 heavy (non-hydrogen) atoms. The highest BCUT2D eigenvalue weighted by Gasteiger charge is 1.99. The van der Waals surface area contributed by atoms with E-state index in [9.17, 15) is 0 Å². The van der Waals surface area contributed by atoms with Crippen LogP contribution >= 0.6 is 0 Å². The van der Waals surface area contributed by atoms with E-state index >= 15 is 0 Å². The molecule has 1 rings (SSSR count). The van der Waals surface area contributed by atoms with Crippen molar-refractivity contribution in [1.29, 1.82) is 0 Å². The van der Waals surface area contributed by atoms with E-state index in [0.29, 0.717) is 38.9 Å². The summed E-state index contributed by atoms with van der Waals surface area (Å²) < 4.78 is 15.7. The van der Waals surface area contributed by atoms with Gasteiger partial charge in [-0.15, -0.1) is 0 Å². The maximum absolute atomic E-state index is 5.52. The molecule has 6 nitrogen and oxygen atoms in total. The number of rotatable bonds is 11. The average molecular weight is 269 g/mol. The van der Waals surface area contributed by atoms with Crippen LogP contribution in [0.4, 0.5) is 0 Å². The molecule has 0 radical (unpaired) electrons. The van der Waals surface area contributed by atoms with E-state index in [0.717, 1.165) is 18.7 Å². The Kier molecular flexibility index (Phi) is 8.87. The van der Waals surface area contributed by atoms with E-state index in [-0.39, 0.29) is 0 Å². The Morgan fingerprint density at radius 3 is 2.84 bits per heavy atom. The summed E-state index contributed by atoms with van der Waals surface area (Å²) in [5.41, 5.74) is 0.885. The van der Waals surface area contributed by atoms with Gasteiger partial charge in [-0.3, -0.25) is 4.98 Å². The lowest BCUT2D eigenvalue weighted by molar-refractivity contribution is 0.0641. The molecule has 0 amide bonds. The molecule has 1 heterocycles. The normalized spacial score (nSPS) is 10.6. The van der Waals surface area contributed by atoms with Crippen molar-refractivity contribution in [2.75, 3.05) is 40.1 Å². The fourth-order valence-electron chi connectivity index (χ4n) is 1.38. The lowest BCUT2D eigenvalue weighted by atomic mass is 10.4. The molecule has 0 saturated heterocycles. The molecular formula is C13H23N3O3. The van der Waals surface area contributed by atoms with Crippen LogP contribution in [0.5, 0.6) is 5.88 Å². The SMILES string of the molecule is CCNCc1cncc(OCCCOCCOC)n1. The van der Waals surface area contributed by atoms with Crippen molar-refractivity contribution in [1.82, 2.24) is 15.3 Å². The lowest BCUT2D eigenvalue weighted by Crippen LogP contribution is -2.13. The Morgan fingerprint density at radius 2 is 2.05 bits per heavy atom. The smallest absolute Gasteiger partial charge is 0.232 e. The van der Waals surface area contributed by atoms with Crippen molar-refractivity contribution < 1.29 is 14.2 Å². The van der Waals surface area contributed by atoms with Crippen LogP contribution in [0.1, 0.15) is 19.0 Å². The number of methoxy groups -OCH3 is 1. The molecule has 0 aliphatic carbocycles. The third kappa shape index (κ3) is 7.71. The largest absolute Gasteiger partial charge is 0.476 e. The molecule has 6 heteroatoms. The molecule has 1 N–H and O–H groups in total. The van der Waals surface area contributed by atoms with Gasteiger partial charge in [0.25, 0.3) is 0 Å². The second-order valence-corrected chi connectivity index (χ2v) is 3.94. The highest BCUT2D eigenvalue weighted by atomic mass is 16.5. The van der Waals surface area contributed by atoms with Gasteiger partial charge in [0.15, 0.2) is 0 Å². The summed E-state index contributed by atoms with van der Waals surface area (Å²) in [5.74, 6) is 0.562. The Bertz CT molecular complexity index is 337. The summed E-state index contributed by atoms with van der Waals surface area (Å²) in [6.07, 6.45) is 4.19. The summed E-state index contributed by atoms with van der Waals surface area (Å²) in [7, 11) is 1.66. The van der Waals surface area contributed by atoms with Crippen molar-refractivity contribution in [3.05, 3.63) is 18.1 Å². The zero-order valence-corrected chi connectivity index (χ0v) is 11.7. The molecule has 0 aromatic carbocycles. The van der Waals surface area contributed by atoms with E-state index in [2.05, 4.69) is 22.2 Å². The predicted molar refractivity (Wildman–Crippen MR) is 72.2 cm³/mol. The maximum Gasteiger partial charge on any atom is 0.232 e. The third-order valence-corrected chi connectivity index (χ3v) is 2.33. The number of hydrogen-bond acceptors (Lipinski definition) is 6. The minimum atomic E-state index is 0.562. The summed E-state index contributed by atoms with van der Waals surface area (Å²) in [6.45, 7) is 6.15. The van der Waals surface area contributed by atoms with Crippen molar-refractivity contribution in [3.63, 3.8) is 0 Å². The molecule has 0 fully saturated rings. The van der Waals surface area contributed by atoms with Gasteiger partial charge >= 0.3 is 0 Å². The predicted octanol–water partition coefficient (Wildman–Crippen LogP) is 1.02. The van der Waals surface area contributed by atoms with Crippen LogP contribution in [0.3, 0.4) is 0 Å². The molecule has 0 saturated carbocycles. The van der Waals surface area contributed by atoms with Crippen LogP contribution < -0.4 is 10.1 Å². The second-order valence-electron chi connectivity index (χ2n) is 3.94. The van der Waals surface area contributed by atoms with Gasteiger partial charge in [-0.2, -0.15) is 0 Å². The molecule has 0 spiro atoms. The van der Waals surface area contributed by atoms with E-state index in [4.69, 9.17) is 14.2 Å². The quantitative estimate of drug-likeness (QED) is 0.605. The first-order chi connectivity index (χ1) is 9.36. The van der Waals surface area contributed by atoms with Gasteiger partial charge < -0.3 is 19.5 Å². The van der Waals surface area contributed by atoms with E-state index in [1.807, 2.05) is 0 Å². The van der Waals surface area contributed by atoms with Crippen molar-refractivity contribution in [2.45, 2.75) is 19.9 Å². The molecule has 0 aliphatic heterocycles. The van der Waals surface area contributed by atoms with Gasteiger partial charge in [0.05, 0.1) is 31.7 Å². The highest BCUT2D eigenvalue weighted by Crippen LogP contribution is 2.05. The van der Waals surface area contributed by atoms with Crippen molar-refractivity contribution in [3.8, 4) is 5.88 Å². The zero-order chi connectivity index (χ0) is 13.8. The van der Waals surface area contributed by atoms with Gasteiger partial charge in [-0.25, -0.2) is 4.98 Å². The molecule has 108 valence electrons. The average Bonchev–Trinajstić information content (AvgIpc) is 2.44. The fraction of sp³-hybridized carbons (Fsp3) is 0.692.